The van der Waals surface area contributed by atoms with Crippen molar-refractivity contribution >= 4 is 21.6 Å². The SMILES string of the molecule is Cc1ccc(S(=O)(=O)NCCC(=O)Nc2ccc(CC#N)cc2)cc1C. The van der Waals surface area contributed by atoms with Gasteiger partial charge in [0, 0.05) is 18.7 Å². The van der Waals surface area contributed by atoms with Crippen LogP contribution in [0.5, 0.6) is 0 Å². The zero-order chi connectivity index (χ0) is 19.2. The number of hydrogen-bond donors (Lipinski definition) is 2. The van der Waals surface area contributed by atoms with Crippen LogP contribution in [0.4, 0.5) is 5.69 Å². The summed E-state index contributed by atoms with van der Waals surface area (Å²) >= 11 is 0. The number of benzene rings is 2. The van der Waals surface area contributed by atoms with Crippen molar-refractivity contribution < 1.29 is 13.2 Å². The van der Waals surface area contributed by atoms with Gasteiger partial charge >= 0.3 is 0 Å². The fraction of sp³-hybridized carbons (Fsp3) is 0.263. The Hall–Kier alpha value is -2.69. The molecule has 6 nitrogen and oxygen atoms in total. The average molecular weight is 371 g/mol. The molecule has 2 N–H and O–H groups in total. The van der Waals surface area contributed by atoms with Crippen molar-refractivity contribution in [2.75, 3.05) is 11.9 Å². The average Bonchev–Trinajstić information content (AvgIpc) is 2.59. The van der Waals surface area contributed by atoms with Gasteiger partial charge in [0.1, 0.15) is 0 Å². The maximum Gasteiger partial charge on any atom is 0.240 e. The van der Waals surface area contributed by atoms with Gasteiger partial charge in [-0.05, 0) is 54.8 Å². The topological polar surface area (TPSA) is 99.1 Å². The molecular weight excluding hydrogens is 350 g/mol. The van der Waals surface area contributed by atoms with Crippen molar-refractivity contribution in [1.82, 2.24) is 4.72 Å². The lowest BCUT2D eigenvalue weighted by atomic mass is 10.1. The number of sulfonamides is 1. The summed E-state index contributed by atoms with van der Waals surface area (Å²) in [6.07, 6.45) is 0.332. The summed E-state index contributed by atoms with van der Waals surface area (Å²) in [5.41, 5.74) is 3.38. The van der Waals surface area contributed by atoms with Crippen molar-refractivity contribution in [3.05, 3.63) is 59.2 Å². The fourth-order valence-electron chi connectivity index (χ4n) is 2.28. The minimum Gasteiger partial charge on any atom is -0.326 e. The molecule has 2 rings (SSSR count). The number of nitrogens with zero attached hydrogens (tertiary/aromatic N) is 1. The lowest BCUT2D eigenvalue weighted by molar-refractivity contribution is -0.116. The van der Waals surface area contributed by atoms with Crippen LogP contribution in [-0.2, 0) is 21.2 Å². The Kier molecular flexibility index (Phi) is 6.50. The minimum atomic E-state index is -3.64. The van der Waals surface area contributed by atoms with Crippen LogP contribution in [0.1, 0.15) is 23.1 Å². The second-order valence-corrected chi connectivity index (χ2v) is 7.74. The highest BCUT2D eigenvalue weighted by Crippen LogP contribution is 2.14. The van der Waals surface area contributed by atoms with Crippen LogP contribution >= 0.6 is 0 Å². The van der Waals surface area contributed by atoms with E-state index in [9.17, 15) is 13.2 Å². The van der Waals surface area contributed by atoms with Gasteiger partial charge in [-0.25, -0.2) is 13.1 Å². The molecule has 0 heterocycles. The highest BCUT2D eigenvalue weighted by molar-refractivity contribution is 7.89. The third kappa shape index (κ3) is 5.41. The quantitative estimate of drug-likeness (QED) is 0.781. The molecule has 0 aliphatic carbocycles. The Bertz CT molecular complexity index is 929. The lowest BCUT2D eigenvalue weighted by Gasteiger charge is -2.09. The molecule has 0 saturated heterocycles. The Labute approximate surface area is 153 Å². The van der Waals surface area contributed by atoms with E-state index in [0.717, 1.165) is 16.7 Å². The number of carbonyl (C=O) groups excluding carboxylic acids is 1. The van der Waals surface area contributed by atoms with E-state index in [0.29, 0.717) is 12.1 Å². The number of carbonyl (C=O) groups is 1. The first-order valence-corrected chi connectivity index (χ1v) is 9.63. The zero-order valence-electron chi connectivity index (χ0n) is 14.7. The summed E-state index contributed by atoms with van der Waals surface area (Å²) in [6.45, 7) is 3.77. The Morgan fingerprint density at radius 3 is 2.38 bits per heavy atom. The monoisotopic (exact) mass is 371 g/mol. The molecule has 0 unspecified atom stereocenters. The summed E-state index contributed by atoms with van der Waals surface area (Å²) in [5, 5.41) is 11.3. The summed E-state index contributed by atoms with van der Waals surface area (Å²) in [4.78, 5) is 12.1. The number of hydrogen-bond acceptors (Lipinski definition) is 4. The third-order valence-electron chi connectivity index (χ3n) is 3.95. The van der Waals surface area contributed by atoms with Crippen molar-refractivity contribution in [2.24, 2.45) is 0 Å². The van der Waals surface area contributed by atoms with E-state index in [1.54, 1.807) is 42.5 Å². The van der Waals surface area contributed by atoms with Gasteiger partial charge in [0.2, 0.25) is 15.9 Å². The van der Waals surface area contributed by atoms with Crippen LogP contribution in [0.2, 0.25) is 0 Å². The molecular formula is C19H21N3O3S. The van der Waals surface area contributed by atoms with Gasteiger partial charge in [-0.1, -0.05) is 18.2 Å². The van der Waals surface area contributed by atoms with E-state index < -0.39 is 10.0 Å². The Balaban J connectivity index is 1.87. The van der Waals surface area contributed by atoms with E-state index in [1.165, 1.54) is 0 Å². The second kappa shape index (κ2) is 8.61. The summed E-state index contributed by atoms with van der Waals surface area (Å²) in [7, 11) is -3.64. The molecule has 1 amide bonds. The van der Waals surface area contributed by atoms with Gasteiger partial charge in [0.05, 0.1) is 17.4 Å². The predicted molar refractivity (Wildman–Crippen MR) is 100 cm³/mol. The number of amides is 1. The molecule has 0 aliphatic rings. The van der Waals surface area contributed by atoms with Crippen LogP contribution in [0.3, 0.4) is 0 Å². The fourth-order valence-corrected chi connectivity index (χ4v) is 3.40. The second-order valence-electron chi connectivity index (χ2n) is 5.97. The van der Waals surface area contributed by atoms with Gasteiger partial charge in [-0.3, -0.25) is 4.79 Å². The van der Waals surface area contributed by atoms with Crippen molar-refractivity contribution in [2.45, 2.75) is 31.6 Å². The van der Waals surface area contributed by atoms with E-state index in [4.69, 9.17) is 5.26 Å². The first-order valence-electron chi connectivity index (χ1n) is 8.14. The molecule has 2 aromatic rings. The first-order chi connectivity index (χ1) is 12.3. The van der Waals surface area contributed by atoms with Crippen LogP contribution < -0.4 is 10.0 Å². The molecule has 0 aliphatic heterocycles. The van der Waals surface area contributed by atoms with Crippen LogP contribution in [0.15, 0.2) is 47.4 Å². The summed E-state index contributed by atoms with van der Waals surface area (Å²) in [6, 6.07) is 13.9. The number of nitriles is 1. The maximum absolute atomic E-state index is 12.3. The number of anilines is 1. The largest absolute Gasteiger partial charge is 0.326 e. The number of nitrogens with one attached hydrogen (secondary N) is 2. The lowest BCUT2D eigenvalue weighted by Crippen LogP contribution is -2.28. The van der Waals surface area contributed by atoms with Gasteiger partial charge in [0.25, 0.3) is 0 Å². The predicted octanol–water partition coefficient (Wildman–Crippen LogP) is 2.68. The molecule has 7 heteroatoms. The van der Waals surface area contributed by atoms with E-state index in [-0.39, 0.29) is 23.8 Å². The standard InChI is InChI=1S/C19H21N3O3S/c1-14-3-8-18(13-15(14)2)26(24,25)21-12-10-19(23)22-17-6-4-16(5-7-17)9-11-20/h3-8,13,21H,9-10,12H2,1-2H3,(H,22,23). The summed E-state index contributed by atoms with van der Waals surface area (Å²) in [5.74, 6) is -0.291. The molecule has 0 fully saturated rings. The molecule has 0 saturated carbocycles. The van der Waals surface area contributed by atoms with E-state index in [1.807, 2.05) is 13.8 Å². The van der Waals surface area contributed by atoms with E-state index in [2.05, 4.69) is 16.1 Å². The molecule has 0 atom stereocenters. The summed E-state index contributed by atoms with van der Waals surface area (Å²) < 4.78 is 27.0. The van der Waals surface area contributed by atoms with Crippen LogP contribution in [0, 0.1) is 25.2 Å². The number of rotatable bonds is 7. The highest BCUT2D eigenvalue weighted by atomic mass is 32.2. The molecule has 0 spiro atoms. The van der Waals surface area contributed by atoms with Crippen molar-refractivity contribution in [1.29, 1.82) is 5.26 Å². The molecule has 2 aromatic carbocycles. The normalized spacial score (nSPS) is 11.0. The molecule has 26 heavy (non-hydrogen) atoms. The number of aryl methyl sites for hydroxylation is 2. The van der Waals surface area contributed by atoms with Gasteiger partial charge in [0.15, 0.2) is 0 Å². The van der Waals surface area contributed by atoms with Gasteiger partial charge < -0.3 is 5.32 Å². The smallest absolute Gasteiger partial charge is 0.240 e. The minimum absolute atomic E-state index is 0.00755. The Morgan fingerprint density at radius 2 is 1.77 bits per heavy atom. The van der Waals surface area contributed by atoms with Crippen LogP contribution in [0.25, 0.3) is 0 Å². The molecule has 0 bridgehead atoms. The van der Waals surface area contributed by atoms with Crippen molar-refractivity contribution in [3.63, 3.8) is 0 Å². The Morgan fingerprint density at radius 1 is 1.08 bits per heavy atom. The first kappa shape index (κ1) is 19.6. The van der Waals surface area contributed by atoms with Crippen LogP contribution in [-0.4, -0.2) is 20.9 Å². The third-order valence-corrected chi connectivity index (χ3v) is 5.41. The highest BCUT2D eigenvalue weighted by Gasteiger charge is 2.15. The van der Waals surface area contributed by atoms with Gasteiger partial charge in [-0.15, -0.1) is 0 Å². The maximum atomic E-state index is 12.3. The van der Waals surface area contributed by atoms with Crippen molar-refractivity contribution in [3.8, 4) is 6.07 Å². The molecule has 0 radical (unpaired) electrons. The molecule has 0 aromatic heterocycles. The zero-order valence-corrected chi connectivity index (χ0v) is 15.6. The molecule has 136 valence electrons. The van der Waals surface area contributed by atoms with E-state index >= 15 is 0 Å². The van der Waals surface area contributed by atoms with Gasteiger partial charge in [-0.2, -0.15) is 5.26 Å².